The highest BCUT2D eigenvalue weighted by molar-refractivity contribution is 7.64. The lowest BCUT2D eigenvalue weighted by Gasteiger charge is -2.24. The molecule has 0 saturated heterocycles. The van der Waals surface area contributed by atoms with E-state index in [1.165, 1.54) is 22.3 Å². The lowest BCUT2D eigenvalue weighted by atomic mass is 10.1. The fourth-order valence-electron chi connectivity index (χ4n) is 3.22. The molecule has 2 aromatic rings. The van der Waals surface area contributed by atoms with Crippen molar-refractivity contribution < 1.29 is 4.57 Å². The zero-order valence-electron chi connectivity index (χ0n) is 11.5. The highest BCUT2D eigenvalue weighted by atomic mass is 31.2. The predicted molar refractivity (Wildman–Crippen MR) is 82.4 cm³/mol. The van der Waals surface area contributed by atoms with E-state index in [0.29, 0.717) is 0 Å². The molecule has 0 aliphatic heterocycles. The van der Waals surface area contributed by atoms with Crippen molar-refractivity contribution >= 4 is 7.14 Å². The lowest BCUT2D eigenvalue weighted by Crippen LogP contribution is -2.03. The van der Waals surface area contributed by atoms with E-state index in [1.807, 2.05) is 0 Å². The predicted octanol–water partition coefficient (Wildman–Crippen LogP) is 5.16. The van der Waals surface area contributed by atoms with Gasteiger partial charge in [0.2, 0.25) is 0 Å². The van der Waals surface area contributed by atoms with Gasteiger partial charge in [-0.2, -0.15) is 0 Å². The van der Waals surface area contributed by atoms with Crippen LogP contribution < -0.4 is 0 Å². The molecule has 19 heavy (non-hydrogen) atoms. The average Bonchev–Trinajstić information content (AvgIpc) is 2.82. The maximum Gasteiger partial charge on any atom is 0.0985 e. The van der Waals surface area contributed by atoms with Crippen LogP contribution in [0.5, 0.6) is 0 Å². The number of hydrogen-bond acceptors (Lipinski definition) is 1. The molecule has 0 fully saturated rings. The van der Waals surface area contributed by atoms with Gasteiger partial charge >= 0.3 is 0 Å². The van der Waals surface area contributed by atoms with Crippen LogP contribution in [-0.2, 0) is 4.57 Å². The first-order valence-electron chi connectivity index (χ1n) is 6.97. The van der Waals surface area contributed by atoms with Gasteiger partial charge in [0.15, 0.2) is 0 Å². The summed E-state index contributed by atoms with van der Waals surface area (Å²) in [4.78, 5) is 0. The van der Waals surface area contributed by atoms with Crippen molar-refractivity contribution in [3.8, 4) is 11.1 Å². The van der Waals surface area contributed by atoms with Crippen LogP contribution in [-0.4, -0.2) is 12.3 Å². The molecule has 3 rings (SSSR count). The van der Waals surface area contributed by atoms with Crippen molar-refractivity contribution in [1.82, 2.24) is 0 Å². The number of rotatable bonds is 3. The molecule has 1 aliphatic rings. The third-order valence-corrected chi connectivity index (χ3v) is 7.98. The quantitative estimate of drug-likeness (QED) is 0.704. The molecule has 98 valence electrons. The normalized spacial score (nSPS) is 14.2. The summed E-state index contributed by atoms with van der Waals surface area (Å²) < 4.78 is 13.3. The minimum absolute atomic E-state index is 0.106. The van der Waals surface area contributed by atoms with Crippen LogP contribution >= 0.6 is 7.14 Å². The SMILES string of the molecule is CCP(=O)(CC)C1c2ccccc2-c2ccccc21. The number of benzene rings is 2. The Balaban J connectivity index is 2.29. The highest BCUT2D eigenvalue weighted by Gasteiger charge is 2.39. The molecule has 0 atom stereocenters. The number of hydrogen-bond donors (Lipinski definition) is 0. The van der Waals surface area contributed by atoms with Gasteiger partial charge in [-0.25, -0.2) is 0 Å². The zero-order valence-corrected chi connectivity index (χ0v) is 12.4. The summed E-state index contributed by atoms with van der Waals surface area (Å²) in [5, 5.41) is 0. The van der Waals surface area contributed by atoms with Crippen molar-refractivity contribution in [1.29, 1.82) is 0 Å². The molecular formula is C17H19OP. The average molecular weight is 270 g/mol. The molecule has 0 unspecified atom stereocenters. The second-order valence-corrected chi connectivity index (χ2v) is 8.85. The Kier molecular flexibility index (Phi) is 3.11. The Morgan fingerprint density at radius 2 is 1.26 bits per heavy atom. The Labute approximate surface area is 115 Å². The summed E-state index contributed by atoms with van der Waals surface area (Å²) >= 11 is 0. The zero-order chi connectivity index (χ0) is 13.5. The maximum absolute atomic E-state index is 13.3. The largest absolute Gasteiger partial charge is 0.323 e. The molecule has 2 heteroatoms. The van der Waals surface area contributed by atoms with Crippen molar-refractivity contribution in [2.24, 2.45) is 0 Å². The van der Waals surface area contributed by atoms with Crippen LogP contribution in [0, 0.1) is 0 Å². The molecule has 0 spiro atoms. The van der Waals surface area contributed by atoms with E-state index in [2.05, 4.69) is 62.4 Å². The number of fused-ring (bicyclic) bond motifs is 3. The molecule has 0 amide bonds. The van der Waals surface area contributed by atoms with E-state index < -0.39 is 7.14 Å². The van der Waals surface area contributed by atoms with Crippen molar-refractivity contribution in [3.63, 3.8) is 0 Å². The van der Waals surface area contributed by atoms with E-state index in [0.717, 1.165) is 12.3 Å². The van der Waals surface area contributed by atoms with E-state index >= 15 is 0 Å². The first-order valence-corrected chi connectivity index (χ1v) is 9.12. The third kappa shape index (κ3) is 1.80. The minimum atomic E-state index is -2.19. The van der Waals surface area contributed by atoms with Crippen LogP contribution in [0.15, 0.2) is 48.5 Å². The fourth-order valence-corrected chi connectivity index (χ4v) is 5.87. The summed E-state index contributed by atoms with van der Waals surface area (Å²) in [7, 11) is -2.19. The van der Waals surface area contributed by atoms with Crippen LogP contribution in [0.4, 0.5) is 0 Å². The second kappa shape index (κ2) is 4.65. The van der Waals surface area contributed by atoms with Gasteiger partial charge in [0.05, 0.1) is 12.8 Å². The van der Waals surface area contributed by atoms with Crippen LogP contribution in [0.1, 0.15) is 30.6 Å². The van der Waals surface area contributed by atoms with E-state index in [1.54, 1.807) is 0 Å². The molecule has 1 aliphatic carbocycles. The van der Waals surface area contributed by atoms with Gasteiger partial charge in [0.25, 0.3) is 0 Å². The van der Waals surface area contributed by atoms with Gasteiger partial charge in [-0.1, -0.05) is 62.4 Å². The molecular weight excluding hydrogens is 251 g/mol. The van der Waals surface area contributed by atoms with Crippen molar-refractivity contribution in [2.45, 2.75) is 19.5 Å². The first-order chi connectivity index (χ1) is 9.21. The van der Waals surface area contributed by atoms with Gasteiger partial charge < -0.3 is 4.57 Å². The van der Waals surface area contributed by atoms with Crippen molar-refractivity contribution in [3.05, 3.63) is 59.7 Å². The summed E-state index contributed by atoms with van der Waals surface area (Å²) in [6.45, 7) is 4.13. The van der Waals surface area contributed by atoms with E-state index in [4.69, 9.17) is 0 Å². The first kappa shape index (κ1) is 12.7. The smallest absolute Gasteiger partial charge is 0.0985 e. The standard InChI is InChI=1S/C17H19OP/c1-3-19(18,4-2)17-15-11-7-5-9-13(15)14-10-6-8-12-16(14)17/h5-12,17H,3-4H2,1-2H3. The van der Waals surface area contributed by atoms with Gasteiger partial charge in [-0.05, 0) is 34.6 Å². The summed E-state index contributed by atoms with van der Waals surface area (Å²) in [6, 6.07) is 16.9. The Morgan fingerprint density at radius 3 is 1.68 bits per heavy atom. The molecule has 0 radical (unpaired) electrons. The van der Waals surface area contributed by atoms with Gasteiger partial charge in [-0.15, -0.1) is 0 Å². The maximum atomic E-state index is 13.3. The Hall–Kier alpha value is -1.33. The van der Waals surface area contributed by atoms with Crippen LogP contribution in [0.3, 0.4) is 0 Å². The Morgan fingerprint density at radius 1 is 0.842 bits per heavy atom. The highest BCUT2D eigenvalue weighted by Crippen LogP contribution is 2.66. The molecule has 1 nitrogen and oxygen atoms in total. The minimum Gasteiger partial charge on any atom is -0.323 e. The van der Waals surface area contributed by atoms with Crippen molar-refractivity contribution in [2.75, 3.05) is 12.3 Å². The van der Waals surface area contributed by atoms with Crippen LogP contribution in [0.25, 0.3) is 11.1 Å². The summed E-state index contributed by atoms with van der Waals surface area (Å²) in [6.07, 6.45) is 1.55. The lowest BCUT2D eigenvalue weighted by molar-refractivity contribution is 0.571. The van der Waals surface area contributed by atoms with Crippen LogP contribution in [0.2, 0.25) is 0 Å². The molecule has 0 aromatic heterocycles. The Bertz CT molecular complexity index is 606. The molecule has 0 saturated carbocycles. The molecule has 0 heterocycles. The molecule has 0 bridgehead atoms. The van der Waals surface area contributed by atoms with E-state index in [-0.39, 0.29) is 5.66 Å². The van der Waals surface area contributed by atoms with Gasteiger partial charge in [0.1, 0.15) is 0 Å². The molecule has 0 N–H and O–H groups in total. The summed E-state index contributed by atoms with van der Waals surface area (Å²) in [5.41, 5.74) is 5.16. The molecule has 2 aromatic carbocycles. The monoisotopic (exact) mass is 270 g/mol. The van der Waals surface area contributed by atoms with E-state index in [9.17, 15) is 4.57 Å². The summed E-state index contributed by atoms with van der Waals surface area (Å²) in [5.74, 6) is 0. The third-order valence-electron chi connectivity index (χ3n) is 4.34. The van der Waals surface area contributed by atoms with Gasteiger partial charge in [-0.3, -0.25) is 0 Å². The fraction of sp³-hybridized carbons (Fsp3) is 0.294. The van der Waals surface area contributed by atoms with Gasteiger partial charge in [0, 0.05) is 0 Å². The topological polar surface area (TPSA) is 17.1 Å². The second-order valence-electron chi connectivity index (χ2n) is 5.16.